The highest BCUT2D eigenvalue weighted by Gasteiger charge is 2.19. The van der Waals surface area contributed by atoms with Gasteiger partial charge in [0.05, 0.1) is 25.9 Å². The third-order valence-corrected chi connectivity index (χ3v) is 3.87. The van der Waals surface area contributed by atoms with Gasteiger partial charge in [0.15, 0.2) is 5.96 Å². The molecule has 2 rings (SSSR count). The maximum Gasteiger partial charge on any atom is 0.213 e. The van der Waals surface area contributed by atoms with E-state index in [0.717, 1.165) is 29.4 Å². The fourth-order valence-electron chi connectivity index (χ4n) is 2.41. The van der Waals surface area contributed by atoms with Crippen LogP contribution in [0.3, 0.4) is 0 Å². The number of hydrogen-bond acceptors (Lipinski definition) is 4. The maximum atomic E-state index is 5.82. The third kappa shape index (κ3) is 5.88. The number of nitrogens with one attached hydrogen (secondary N) is 2. The molecule has 0 fully saturated rings. The van der Waals surface area contributed by atoms with Crippen LogP contribution in [0.15, 0.2) is 39.9 Å². The second kappa shape index (κ2) is 9.38. The van der Waals surface area contributed by atoms with Crippen LogP contribution in [0.25, 0.3) is 0 Å². The summed E-state index contributed by atoms with van der Waals surface area (Å²) < 4.78 is 11.1. The summed E-state index contributed by atoms with van der Waals surface area (Å²) in [6.45, 7) is 10.8. The van der Waals surface area contributed by atoms with Crippen LogP contribution >= 0.6 is 0 Å². The quantitative estimate of drug-likeness (QED) is 0.586. The standard InChI is InChI=1S/C20H30N4O2/c1-6-21-19(23-11-15-9-7-8-10-16(15)14-25-5)24-13-18-22-12-17(26-18)20(2,3)4/h7-10,12H,6,11,13-14H2,1-5H3,(H2,21,23,24). The average Bonchev–Trinajstić information content (AvgIpc) is 3.08. The van der Waals surface area contributed by atoms with Crippen molar-refractivity contribution in [1.29, 1.82) is 0 Å². The molecule has 0 spiro atoms. The van der Waals surface area contributed by atoms with Gasteiger partial charge in [-0.15, -0.1) is 0 Å². The molecule has 0 saturated carbocycles. The predicted molar refractivity (Wildman–Crippen MR) is 104 cm³/mol. The lowest BCUT2D eigenvalue weighted by Gasteiger charge is -2.13. The van der Waals surface area contributed by atoms with E-state index in [4.69, 9.17) is 9.15 Å². The fourth-order valence-corrected chi connectivity index (χ4v) is 2.41. The summed E-state index contributed by atoms with van der Waals surface area (Å²) in [6, 6.07) is 8.17. The van der Waals surface area contributed by atoms with Crippen LogP contribution in [0.5, 0.6) is 0 Å². The van der Waals surface area contributed by atoms with Crippen LogP contribution in [0.1, 0.15) is 50.5 Å². The topological polar surface area (TPSA) is 71.7 Å². The Bertz CT molecular complexity index is 717. The molecule has 0 bridgehead atoms. The van der Waals surface area contributed by atoms with Gasteiger partial charge in [0.1, 0.15) is 5.76 Å². The Balaban J connectivity index is 2.02. The van der Waals surface area contributed by atoms with Crippen LogP contribution in [-0.4, -0.2) is 24.6 Å². The Morgan fingerprint density at radius 2 is 1.92 bits per heavy atom. The normalized spacial score (nSPS) is 12.3. The number of oxazole rings is 1. The summed E-state index contributed by atoms with van der Waals surface area (Å²) in [5, 5.41) is 6.52. The van der Waals surface area contributed by atoms with Gasteiger partial charge in [-0.3, -0.25) is 0 Å². The summed E-state index contributed by atoms with van der Waals surface area (Å²) in [5.41, 5.74) is 2.25. The van der Waals surface area contributed by atoms with Crippen molar-refractivity contribution in [1.82, 2.24) is 15.6 Å². The van der Waals surface area contributed by atoms with Crippen molar-refractivity contribution in [3.8, 4) is 0 Å². The smallest absolute Gasteiger partial charge is 0.213 e. The lowest BCUT2D eigenvalue weighted by atomic mass is 9.94. The predicted octanol–water partition coefficient (Wildman–Crippen LogP) is 3.37. The van der Waals surface area contributed by atoms with Gasteiger partial charge in [0, 0.05) is 19.1 Å². The zero-order valence-corrected chi connectivity index (χ0v) is 16.4. The summed E-state index contributed by atoms with van der Waals surface area (Å²) >= 11 is 0. The van der Waals surface area contributed by atoms with Crippen molar-refractivity contribution in [3.05, 3.63) is 53.2 Å². The number of benzene rings is 1. The van der Waals surface area contributed by atoms with Gasteiger partial charge in [0.25, 0.3) is 0 Å². The Kier molecular flexibility index (Phi) is 7.21. The molecule has 0 radical (unpaired) electrons. The van der Waals surface area contributed by atoms with Crippen LogP contribution < -0.4 is 10.6 Å². The SMILES string of the molecule is CCNC(=NCc1ccccc1COC)NCc1ncc(C(C)(C)C)o1. The van der Waals surface area contributed by atoms with Gasteiger partial charge in [-0.25, -0.2) is 9.98 Å². The molecule has 1 heterocycles. The van der Waals surface area contributed by atoms with E-state index in [1.165, 1.54) is 0 Å². The Labute approximate surface area is 156 Å². The first-order valence-corrected chi connectivity index (χ1v) is 8.97. The van der Waals surface area contributed by atoms with E-state index in [0.29, 0.717) is 25.6 Å². The second-order valence-corrected chi connectivity index (χ2v) is 7.12. The van der Waals surface area contributed by atoms with Crippen molar-refractivity contribution in [2.75, 3.05) is 13.7 Å². The zero-order chi connectivity index (χ0) is 19.0. The van der Waals surface area contributed by atoms with Gasteiger partial charge < -0.3 is 19.8 Å². The minimum atomic E-state index is -0.0467. The van der Waals surface area contributed by atoms with Crippen molar-refractivity contribution in [3.63, 3.8) is 0 Å². The number of aliphatic imine (C=N–C) groups is 1. The molecule has 6 heteroatoms. The molecule has 0 unspecified atom stereocenters. The highest BCUT2D eigenvalue weighted by molar-refractivity contribution is 5.79. The van der Waals surface area contributed by atoms with Crippen LogP contribution in [0.4, 0.5) is 0 Å². The van der Waals surface area contributed by atoms with Crippen LogP contribution in [-0.2, 0) is 29.8 Å². The molecule has 0 amide bonds. The molecule has 0 aliphatic rings. The average molecular weight is 358 g/mol. The Hall–Kier alpha value is -2.34. The van der Waals surface area contributed by atoms with Crippen molar-refractivity contribution < 1.29 is 9.15 Å². The first-order chi connectivity index (χ1) is 12.4. The zero-order valence-electron chi connectivity index (χ0n) is 16.4. The van der Waals surface area contributed by atoms with Gasteiger partial charge in [-0.05, 0) is 18.1 Å². The molecule has 0 saturated heterocycles. The minimum Gasteiger partial charge on any atom is -0.443 e. The lowest BCUT2D eigenvalue weighted by molar-refractivity contribution is 0.184. The molecule has 0 aliphatic carbocycles. The summed E-state index contributed by atoms with van der Waals surface area (Å²) in [7, 11) is 1.70. The van der Waals surface area contributed by atoms with Crippen molar-refractivity contribution in [2.24, 2.45) is 4.99 Å². The number of guanidine groups is 1. The van der Waals surface area contributed by atoms with Crippen LogP contribution in [0, 0.1) is 0 Å². The molecule has 2 N–H and O–H groups in total. The number of hydrogen-bond donors (Lipinski definition) is 2. The van der Waals surface area contributed by atoms with Gasteiger partial charge in [-0.2, -0.15) is 0 Å². The molecule has 1 aromatic carbocycles. The van der Waals surface area contributed by atoms with Gasteiger partial charge in [-0.1, -0.05) is 45.0 Å². The number of aromatic nitrogens is 1. The molecule has 2 aromatic rings. The molecular weight excluding hydrogens is 328 g/mol. The van der Waals surface area contributed by atoms with Crippen molar-refractivity contribution >= 4 is 5.96 Å². The Morgan fingerprint density at radius 1 is 1.19 bits per heavy atom. The monoisotopic (exact) mass is 358 g/mol. The molecule has 1 aromatic heterocycles. The lowest BCUT2D eigenvalue weighted by Crippen LogP contribution is -2.36. The van der Waals surface area contributed by atoms with E-state index in [-0.39, 0.29) is 5.41 Å². The number of nitrogens with zero attached hydrogens (tertiary/aromatic N) is 2. The highest BCUT2D eigenvalue weighted by atomic mass is 16.5. The van der Waals surface area contributed by atoms with E-state index in [1.807, 2.05) is 19.1 Å². The first kappa shape index (κ1) is 20.0. The number of methoxy groups -OCH3 is 1. The van der Waals surface area contributed by atoms with E-state index in [2.05, 4.69) is 53.5 Å². The fraction of sp³-hybridized carbons (Fsp3) is 0.500. The minimum absolute atomic E-state index is 0.0467. The number of rotatable bonds is 7. The molecular formula is C20H30N4O2. The summed E-state index contributed by atoms with van der Waals surface area (Å²) in [4.78, 5) is 9.01. The molecule has 6 nitrogen and oxygen atoms in total. The molecule has 0 atom stereocenters. The van der Waals surface area contributed by atoms with Crippen molar-refractivity contribution in [2.45, 2.75) is 52.8 Å². The van der Waals surface area contributed by atoms with E-state index < -0.39 is 0 Å². The molecule has 26 heavy (non-hydrogen) atoms. The largest absolute Gasteiger partial charge is 0.443 e. The second-order valence-electron chi connectivity index (χ2n) is 7.12. The summed E-state index contributed by atoms with van der Waals surface area (Å²) in [5.74, 6) is 2.26. The molecule has 142 valence electrons. The Morgan fingerprint density at radius 3 is 2.54 bits per heavy atom. The van der Waals surface area contributed by atoms with E-state index in [1.54, 1.807) is 13.3 Å². The molecule has 0 aliphatic heterocycles. The number of ether oxygens (including phenoxy) is 1. The summed E-state index contributed by atoms with van der Waals surface area (Å²) in [6.07, 6.45) is 1.79. The van der Waals surface area contributed by atoms with Gasteiger partial charge in [0.2, 0.25) is 5.89 Å². The third-order valence-electron chi connectivity index (χ3n) is 3.87. The highest BCUT2D eigenvalue weighted by Crippen LogP contribution is 2.22. The van der Waals surface area contributed by atoms with Crippen LogP contribution in [0.2, 0.25) is 0 Å². The maximum absolute atomic E-state index is 5.82. The van der Waals surface area contributed by atoms with Gasteiger partial charge >= 0.3 is 0 Å². The first-order valence-electron chi connectivity index (χ1n) is 8.97. The van der Waals surface area contributed by atoms with E-state index >= 15 is 0 Å². The van der Waals surface area contributed by atoms with E-state index in [9.17, 15) is 0 Å².